The lowest BCUT2D eigenvalue weighted by atomic mass is 9.96. The summed E-state index contributed by atoms with van der Waals surface area (Å²) in [4.78, 5) is 13.5. The summed E-state index contributed by atoms with van der Waals surface area (Å²) >= 11 is 1.58. The molecule has 0 saturated heterocycles. The van der Waals surface area contributed by atoms with Crippen molar-refractivity contribution in [3.05, 3.63) is 60.2 Å². The SMILES string of the molecule is CC(C#N)CSc1ccccc1NC(=O)NC(c1ccccc1)C(C)C. The van der Waals surface area contributed by atoms with Gasteiger partial charge in [-0.15, -0.1) is 11.8 Å². The monoisotopic (exact) mass is 367 g/mol. The zero-order valence-corrected chi connectivity index (χ0v) is 16.2. The maximum Gasteiger partial charge on any atom is 0.319 e. The third-order valence-corrected chi connectivity index (χ3v) is 5.29. The van der Waals surface area contributed by atoms with Gasteiger partial charge in [-0.05, 0) is 30.5 Å². The van der Waals surface area contributed by atoms with Crippen molar-refractivity contribution in [1.29, 1.82) is 5.26 Å². The Morgan fingerprint density at radius 3 is 2.38 bits per heavy atom. The summed E-state index contributed by atoms with van der Waals surface area (Å²) in [6.07, 6.45) is 0. The summed E-state index contributed by atoms with van der Waals surface area (Å²) in [5.74, 6) is 0.921. The maximum absolute atomic E-state index is 12.6. The number of benzene rings is 2. The Hall–Kier alpha value is -2.45. The van der Waals surface area contributed by atoms with Gasteiger partial charge in [-0.3, -0.25) is 0 Å². The topological polar surface area (TPSA) is 64.9 Å². The highest BCUT2D eigenvalue weighted by Gasteiger charge is 2.18. The normalized spacial score (nSPS) is 12.9. The van der Waals surface area contributed by atoms with Crippen molar-refractivity contribution in [3.8, 4) is 6.07 Å². The van der Waals surface area contributed by atoms with Crippen LogP contribution >= 0.6 is 11.8 Å². The number of nitriles is 1. The van der Waals surface area contributed by atoms with Crippen LogP contribution in [-0.2, 0) is 0 Å². The van der Waals surface area contributed by atoms with Crippen molar-refractivity contribution in [1.82, 2.24) is 5.32 Å². The van der Waals surface area contributed by atoms with Crippen LogP contribution in [0.2, 0.25) is 0 Å². The number of carbonyl (C=O) groups is 1. The second-order valence-corrected chi connectivity index (χ2v) is 7.63. The van der Waals surface area contributed by atoms with Crippen LogP contribution in [-0.4, -0.2) is 11.8 Å². The number of para-hydroxylation sites is 1. The average Bonchev–Trinajstić information content (AvgIpc) is 2.65. The minimum atomic E-state index is -0.228. The van der Waals surface area contributed by atoms with Crippen LogP contribution in [0.3, 0.4) is 0 Å². The molecule has 0 spiro atoms. The second kappa shape index (κ2) is 9.88. The third-order valence-electron chi connectivity index (χ3n) is 3.96. The second-order valence-electron chi connectivity index (χ2n) is 6.57. The van der Waals surface area contributed by atoms with Crippen molar-refractivity contribution in [2.24, 2.45) is 11.8 Å². The van der Waals surface area contributed by atoms with Crippen LogP contribution in [0.1, 0.15) is 32.4 Å². The smallest absolute Gasteiger partial charge is 0.319 e. The standard InChI is InChI=1S/C21H25N3OS/c1-15(2)20(17-9-5-4-6-10-17)24-21(25)23-18-11-7-8-12-19(18)26-14-16(3)13-22/h4-12,15-16,20H,14H2,1-3H3,(H2,23,24,25). The van der Waals surface area contributed by atoms with E-state index in [1.807, 2.05) is 61.5 Å². The van der Waals surface area contributed by atoms with Crippen LogP contribution in [0.15, 0.2) is 59.5 Å². The van der Waals surface area contributed by atoms with Crippen LogP contribution in [0, 0.1) is 23.2 Å². The summed E-state index contributed by atoms with van der Waals surface area (Å²) in [5.41, 5.74) is 1.85. The lowest BCUT2D eigenvalue weighted by molar-refractivity contribution is 0.244. The van der Waals surface area contributed by atoms with Crippen LogP contribution in [0.5, 0.6) is 0 Å². The third kappa shape index (κ3) is 5.82. The Morgan fingerprint density at radius 2 is 1.73 bits per heavy atom. The number of hydrogen-bond donors (Lipinski definition) is 2. The molecule has 2 aromatic carbocycles. The van der Waals surface area contributed by atoms with Crippen LogP contribution < -0.4 is 10.6 Å². The number of carbonyl (C=O) groups excluding carboxylic acids is 1. The van der Waals surface area contributed by atoms with Gasteiger partial charge in [0, 0.05) is 10.6 Å². The van der Waals surface area contributed by atoms with Crippen molar-refractivity contribution in [3.63, 3.8) is 0 Å². The van der Waals surface area contributed by atoms with Crippen LogP contribution in [0.4, 0.5) is 10.5 Å². The fourth-order valence-corrected chi connectivity index (χ4v) is 3.50. The highest BCUT2D eigenvalue weighted by molar-refractivity contribution is 7.99. The zero-order chi connectivity index (χ0) is 18.9. The molecule has 0 aliphatic rings. The fourth-order valence-electron chi connectivity index (χ4n) is 2.54. The van der Waals surface area contributed by atoms with Gasteiger partial charge >= 0.3 is 6.03 Å². The van der Waals surface area contributed by atoms with Gasteiger partial charge in [-0.1, -0.05) is 56.3 Å². The molecule has 136 valence electrons. The van der Waals surface area contributed by atoms with E-state index in [2.05, 4.69) is 30.6 Å². The summed E-state index contributed by atoms with van der Waals surface area (Å²) in [7, 11) is 0. The van der Waals surface area contributed by atoms with E-state index in [-0.39, 0.29) is 23.9 Å². The molecule has 2 aromatic rings. The summed E-state index contributed by atoms with van der Waals surface area (Å²) in [6.45, 7) is 6.07. The van der Waals surface area contributed by atoms with Gasteiger partial charge in [0.2, 0.25) is 0 Å². The molecule has 26 heavy (non-hydrogen) atoms. The average molecular weight is 368 g/mol. The summed E-state index contributed by atoms with van der Waals surface area (Å²) in [5, 5.41) is 15.0. The minimum Gasteiger partial charge on any atom is -0.331 e. The molecule has 2 amide bonds. The van der Waals surface area contributed by atoms with Gasteiger partial charge in [-0.2, -0.15) is 5.26 Å². The van der Waals surface area contributed by atoms with Crippen LogP contribution in [0.25, 0.3) is 0 Å². The molecule has 0 aliphatic heterocycles. The first-order chi connectivity index (χ1) is 12.5. The molecule has 0 aromatic heterocycles. The van der Waals surface area contributed by atoms with Crippen molar-refractivity contribution in [2.75, 3.05) is 11.1 Å². The maximum atomic E-state index is 12.6. The molecule has 2 atom stereocenters. The first-order valence-corrected chi connectivity index (χ1v) is 9.73. The van der Waals surface area contributed by atoms with E-state index in [0.717, 1.165) is 16.1 Å². The first kappa shape index (κ1) is 19.9. The lowest BCUT2D eigenvalue weighted by Gasteiger charge is -2.23. The number of urea groups is 1. The minimum absolute atomic E-state index is 0.0368. The van der Waals surface area contributed by atoms with Crippen molar-refractivity contribution >= 4 is 23.5 Å². The molecule has 2 unspecified atom stereocenters. The highest BCUT2D eigenvalue weighted by atomic mass is 32.2. The van der Waals surface area contributed by atoms with E-state index in [9.17, 15) is 4.79 Å². The lowest BCUT2D eigenvalue weighted by Crippen LogP contribution is -2.35. The van der Waals surface area contributed by atoms with Gasteiger partial charge in [0.1, 0.15) is 0 Å². The number of rotatable bonds is 7. The molecule has 0 heterocycles. The van der Waals surface area contributed by atoms with Crippen molar-refractivity contribution in [2.45, 2.75) is 31.7 Å². The Bertz CT molecular complexity index is 755. The molecule has 0 radical (unpaired) electrons. The molecule has 0 saturated carbocycles. The van der Waals surface area contributed by atoms with E-state index >= 15 is 0 Å². The number of anilines is 1. The quantitative estimate of drug-likeness (QED) is 0.639. The Balaban J connectivity index is 2.06. The number of hydrogen-bond acceptors (Lipinski definition) is 3. The van der Waals surface area contributed by atoms with E-state index < -0.39 is 0 Å². The number of amides is 2. The largest absolute Gasteiger partial charge is 0.331 e. The molecule has 0 aliphatic carbocycles. The van der Waals surface area contributed by atoms with Gasteiger partial charge in [0.15, 0.2) is 0 Å². The molecule has 2 rings (SSSR count). The fraction of sp³-hybridized carbons (Fsp3) is 0.333. The van der Waals surface area contributed by atoms with Gasteiger partial charge in [0.05, 0.1) is 23.7 Å². The predicted octanol–water partition coefficient (Wildman–Crippen LogP) is 5.46. The summed E-state index contributed by atoms with van der Waals surface area (Å²) < 4.78 is 0. The zero-order valence-electron chi connectivity index (χ0n) is 15.4. The summed E-state index contributed by atoms with van der Waals surface area (Å²) in [6, 6.07) is 19.6. The Labute approximate surface area is 160 Å². The molecular weight excluding hydrogens is 342 g/mol. The number of thioether (sulfide) groups is 1. The molecule has 2 N–H and O–H groups in total. The number of nitrogens with zero attached hydrogens (tertiary/aromatic N) is 1. The van der Waals surface area contributed by atoms with E-state index in [1.165, 1.54) is 0 Å². The highest BCUT2D eigenvalue weighted by Crippen LogP contribution is 2.29. The van der Waals surface area contributed by atoms with Crippen molar-refractivity contribution < 1.29 is 4.79 Å². The first-order valence-electron chi connectivity index (χ1n) is 8.75. The Kier molecular flexibility index (Phi) is 7.55. The Morgan fingerprint density at radius 1 is 1.08 bits per heavy atom. The number of nitrogens with one attached hydrogen (secondary N) is 2. The molecule has 4 nitrogen and oxygen atoms in total. The van der Waals surface area contributed by atoms with Gasteiger partial charge in [0.25, 0.3) is 0 Å². The van der Waals surface area contributed by atoms with E-state index in [4.69, 9.17) is 5.26 Å². The molecule has 0 fully saturated rings. The van der Waals surface area contributed by atoms with E-state index in [0.29, 0.717) is 5.75 Å². The molecular formula is C21H25N3OS. The predicted molar refractivity (Wildman–Crippen MR) is 108 cm³/mol. The van der Waals surface area contributed by atoms with Gasteiger partial charge < -0.3 is 10.6 Å². The van der Waals surface area contributed by atoms with E-state index in [1.54, 1.807) is 11.8 Å². The molecule has 5 heteroatoms. The molecule has 0 bridgehead atoms. The van der Waals surface area contributed by atoms with Gasteiger partial charge in [-0.25, -0.2) is 4.79 Å².